The van der Waals surface area contributed by atoms with Crippen molar-refractivity contribution < 1.29 is 19.1 Å². The van der Waals surface area contributed by atoms with E-state index in [9.17, 15) is 9.59 Å². The first-order chi connectivity index (χ1) is 16.5. The van der Waals surface area contributed by atoms with Crippen LogP contribution in [0.3, 0.4) is 0 Å². The van der Waals surface area contributed by atoms with Crippen molar-refractivity contribution in [3.8, 4) is 11.5 Å². The quantitative estimate of drug-likeness (QED) is 0.276. The number of carbonyl (C=O) groups is 2. The summed E-state index contributed by atoms with van der Waals surface area (Å²) in [4.78, 5) is 25.0. The monoisotopic (exact) mass is 456 g/mol. The molecular weight excluding hydrogens is 428 g/mol. The molecular formula is C28H28N2O4. The van der Waals surface area contributed by atoms with E-state index in [0.29, 0.717) is 30.6 Å². The highest BCUT2D eigenvalue weighted by molar-refractivity contribution is 6.31. The number of hydrazine groups is 1. The second kappa shape index (κ2) is 10.7. The van der Waals surface area contributed by atoms with Gasteiger partial charge < -0.3 is 9.47 Å². The van der Waals surface area contributed by atoms with Crippen LogP contribution in [-0.2, 0) is 9.59 Å². The van der Waals surface area contributed by atoms with Crippen LogP contribution in [0.15, 0.2) is 84.4 Å². The van der Waals surface area contributed by atoms with E-state index in [1.54, 1.807) is 30.3 Å². The van der Waals surface area contributed by atoms with Gasteiger partial charge in [0.25, 0.3) is 11.8 Å². The van der Waals surface area contributed by atoms with E-state index in [1.165, 1.54) is 10.6 Å². The van der Waals surface area contributed by atoms with Crippen LogP contribution in [0.5, 0.6) is 11.5 Å². The van der Waals surface area contributed by atoms with Crippen molar-refractivity contribution in [3.05, 3.63) is 95.6 Å². The Morgan fingerprint density at radius 3 is 2.03 bits per heavy atom. The van der Waals surface area contributed by atoms with Gasteiger partial charge in [-0.2, -0.15) is 0 Å². The standard InChI is InChI=1S/C28H28N2O4/c1-3-20(2)22-11-15-25(16-12-22)34-18-17-33-24-13-9-21(10-14-24)19-26-27(31)29-30(28(26)32)23-7-5-4-6-8-23/h4-16,19-20H,3,17-18H2,1-2H3,(H,29,31)/b26-19-/t20-/m1/s1. The third-order valence-corrected chi connectivity index (χ3v) is 5.78. The van der Waals surface area contributed by atoms with Gasteiger partial charge >= 0.3 is 0 Å². The summed E-state index contributed by atoms with van der Waals surface area (Å²) in [5, 5.41) is 1.25. The van der Waals surface area contributed by atoms with E-state index in [1.807, 2.05) is 42.5 Å². The lowest BCUT2D eigenvalue weighted by Gasteiger charge is -2.13. The molecule has 1 aliphatic heterocycles. The molecule has 0 radical (unpaired) electrons. The molecule has 3 aromatic rings. The van der Waals surface area contributed by atoms with Crippen LogP contribution < -0.4 is 19.9 Å². The number of para-hydroxylation sites is 1. The predicted molar refractivity (Wildman–Crippen MR) is 133 cm³/mol. The van der Waals surface area contributed by atoms with Gasteiger partial charge in [0.1, 0.15) is 30.3 Å². The van der Waals surface area contributed by atoms with E-state index in [4.69, 9.17) is 9.47 Å². The second-order valence-corrected chi connectivity index (χ2v) is 8.12. The second-order valence-electron chi connectivity index (χ2n) is 8.12. The number of hydrogen-bond donors (Lipinski definition) is 1. The van der Waals surface area contributed by atoms with Gasteiger partial charge in [-0.25, -0.2) is 5.01 Å². The SMILES string of the molecule is CC[C@@H](C)c1ccc(OCCOc2ccc(/C=C3/C(=O)NN(c4ccccc4)C3=O)cc2)cc1. The van der Waals surface area contributed by atoms with Crippen molar-refractivity contribution in [1.82, 2.24) is 5.43 Å². The number of hydrogen-bond acceptors (Lipinski definition) is 4. The molecule has 0 unspecified atom stereocenters. The van der Waals surface area contributed by atoms with E-state index in [-0.39, 0.29) is 11.5 Å². The van der Waals surface area contributed by atoms with Crippen LogP contribution in [0.1, 0.15) is 37.3 Å². The van der Waals surface area contributed by atoms with E-state index in [2.05, 4.69) is 31.4 Å². The van der Waals surface area contributed by atoms with Crippen molar-refractivity contribution in [2.75, 3.05) is 18.2 Å². The molecule has 6 heteroatoms. The molecule has 34 heavy (non-hydrogen) atoms. The van der Waals surface area contributed by atoms with E-state index < -0.39 is 5.91 Å². The van der Waals surface area contributed by atoms with Crippen molar-refractivity contribution in [1.29, 1.82) is 0 Å². The Hall–Kier alpha value is -4.06. The third kappa shape index (κ3) is 5.46. The Kier molecular flexibility index (Phi) is 7.28. The molecule has 1 fully saturated rings. The fourth-order valence-corrected chi connectivity index (χ4v) is 3.59. The zero-order valence-electron chi connectivity index (χ0n) is 19.4. The molecule has 1 atom stereocenters. The molecule has 1 heterocycles. The first kappa shape index (κ1) is 23.1. The van der Waals surface area contributed by atoms with Gasteiger partial charge in [0.15, 0.2) is 0 Å². The first-order valence-electron chi connectivity index (χ1n) is 11.4. The molecule has 0 saturated carbocycles. The summed E-state index contributed by atoms with van der Waals surface area (Å²) in [5.41, 5.74) is 5.35. The van der Waals surface area contributed by atoms with Crippen LogP contribution in [-0.4, -0.2) is 25.0 Å². The Labute approximate surface area is 199 Å². The fourth-order valence-electron chi connectivity index (χ4n) is 3.59. The van der Waals surface area contributed by atoms with Crippen molar-refractivity contribution in [2.45, 2.75) is 26.2 Å². The summed E-state index contributed by atoms with van der Waals surface area (Å²) >= 11 is 0. The largest absolute Gasteiger partial charge is 0.490 e. The van der Waals surface area contributed by atoms with Crippen LogP contribution in [0.25, 0.3) is 6.08 Å². The lowest BCUT2D eigenvalue weighted by atomic mass is 9.99. The number of nitrogens with zero attached hydrogens (tertiary/aromatic N) is 1. The van der Waals surface area contributed by atoms with Crippen LogP contribution in [0.2, 0.25) is 0 Å². The van der Waals surface area contributed by atoms with Crippen molar-refractivity contribution in [3.63, 3.8) is 0 Å². The summed E-state index contributed by atoms with van der Waals surface area (Å²) in [6.07, 6.45) is 2.69. The Morgan fingerprint density at radius 1 is 0.853 bits per heavy atom. The number of nitrogens with one attached hydrogen (secondary N) is 1. The molecule has 2 amide bonds. The highest BCUT2D eigenvalue weighted by Crippen LogP contribution is 2.23. The average molecular weight is 457 g/mol. The molecule has 6 nitrogen and oxygen atoms in total. The summed E-state index contributed by atoms with van der Waals surface area (Å²) in [6, 6.07) is 24.4. The third-order valence-electron chi connectivity index (χ3n) is 5.78. The maximum absolute atomic E-state index is 12.7. The highest BCUT2D eigenvalue weighted by atomic mass is 16.5. The average Bonchev–Trinajstić information content (AvgIpc) is 3.16. The van der Waals surface area contributed by atoms with Gasteiger partial charge in [-0.1, -0.05) is 56.3 Å². The lowest BCUT2D eigenvalue weighted by molar-refractivity contribution is -0.117. The normalized spacial score (nSPS) is 15.4. The highest BCUT2D eigenvalue weighted by Gasteiger charge is 2.34. The Bertz CT molecular complexity index is 1160. The van der Waals surface area contributed by atoms with Gasteiger partial charge in [0, 0.05) is 0 Å². The smallest absolute Gasteiger partial charge is 0.282 e. The molecule has 0 spiro atoms. The van der Waals surface area contributed by atoms with Crippen LogP contribution in [0, 0.1) is 0 Å². The molecule has 4 rings (SSSR count). The molecule has 0 aliphatic carbocycles. The van der Waals surface area contributed by atoms with Crippen molar-refractivity contribution >= 4 is 23.6 Å². The van der Waals surface area contributed by atoms with Gasteiger partial charge in [0.05, 0.1) is 5.69 Å². The lowest BCUT2D eigenvalue weighted by Crippen LogP contribution is -2.35. The van der Waals surface area contributed by atoms with Gasteiger partial charge in [-0.05, 0) is 65.9 Å². The van der Waals surface area contributed by atoms with Gasteiger partial charge in [-0.3, -0.25) is 15.0 Å². The number of ether oxygens (including phenoxy) is 2. The zero-order valence-corrected chi connectivity index (χ0v) is 19.4. The maximum atomic E-state index is 12.7. The van der Waals surface area contributed by atoms with Crippen molar-refractivity contribution in [2.24, 2.45) is 0 Å². The summed E-state index contributed by atoms with van der Waals surface area (Å²) in [6.45, 7) is 5.23. The first-order valence-corrected chi connectivity index (χ1v) is 11.4. The number of amides is 2. The number of rotatable bonds is 9. The zero-order chi connectivity index (χ0) is 23.9. The fraction of sp³-hybridized carbons (Fsp3) is 0.214. The van der Waals surface area contributed by atoms with E-state index in [0.717, 1.165) is 17.7 Å². The predicted octanol–water partition coefficient (Wildman–Crippen LogP) is 5.12. The summed E-state index contributed by atoms with van der Waals surface area (Å²) < 4.78 is 11.5. The minimum atomic E-state index is -0.427. The van der Waals surface area contributed by atoms with E-state index >= 15 is 0 Å². The Balaban J connectivity index is 1.29. The van der Waals surface area contributed by atoms with Crippen LogP contribution in [0.4, 0.5) is 5.69 Å². The Morgan fingerprint density at radius 2 is 1.44 bits per heavy atom. The van der Waals surface area contributed by atoms with Gasteiger partial charge in [0.2, 0.25) is 0 Å². The van der Waals surface area contributed by atoms with Crippen LogP contribution >= 0.6 is 0 Å². The molecule has 0 bridgehead atoms. The minimum Gasteiger partial charge on any atom is -0.490 e. The molecule has 174 valence electrons. The molecule has 0 aromatic heterocycles. The van der Waals surface area contributed by atoms with Gasteiger partial charge in [-0.15, -0.1) is 0 Å². The molecule has 1 N–H and O–H groups in total. The number of benzene rings is 3. The summed E-state index contributed by atoms with van der Waals surface area (Å²) in [7, 11) is 0. The number of carbonyl (C=O) groups excluding carboxylic acids is 2. The maximum Gasteiger partial charge on any atom is 0.282 e. The molecule has 3 aromatic carbocycles. The minimum absolute atomic E-state index is 0.0882. The molecule has 1 saturated heterocycles. The summed E-state index contributed by atoms with van der Waals surface area (Å²) in [5.74, 6) is 1.24. The molecule has 1 aliphatic rings. The number of anilines is 1. The topological polar surface area (TPSA) is 67.9 Å².